The summed E-state index contributed by atoms with van der Waals surface area (Å²) in [6.07, 6.45) is 0.578. The van der Waals surface area contributed by atoms with E-state index in [0.717, 1.165) is 18.8 Å². The highest BCUT2D eigenvalue weighted by molar-refractivity contribution is 14.1. The monoisotopic (exact) mass is 332 g/mol. The van der Waals surface area contributed by atoms with Crippen molar-refractivity contribution in [3.63, 3.8) is 0 Å². The number of morpholine rings is 1. The third kappa shape index (κ3) is 2.60. The summed E-state index contributed by atoms with van der Waals surface area (Å²) in [5, 5.41) is 0. The fourth-order valence-corrected chi connectivity index (χ4v) is 3.03. The molecule has 0 amide bonds. The summed E-state index contributed by atoms with van der Waals surface area (Å²) >= 11 is 2.34. The van der Waals surface area contributed by atoms with E-state index in [9.17, 15) is 0 Å². The smallest absolute Gasteiger partial charge is 0.0726 e. The minimum absolute atomic E-state index is 0.289. The van der Waals surface area contributed by atoms with Gasteiger partial charge in [-0.1, -0.05) is 0 Å². The van der Waals surface area contributed by atoms with Crippen LogP contribution in [0.5, 0.6) is 0 Å². The van der Waals surface area contributed by atoms with Crippen LogP contribution in [0.15, 0.2) is 18.2 Å². The van der Waals surface area contributed by atoms with Gasteiger partial charge in [-0.2, -0.15) is 0 Å². The van der Waals surface area contributed by atoms with Crippen LogP contribution in [0.2, 0.25) is 0 Å². The van der Waals surface area contributed by atoms with Crippen molar-refractivity contribution in [2.75, 3.05) is 23.7 Å². The van der Waals surface area contributed by atoms with Crippen LogP contribution in [0.3, 0.4) is 0 Å². The predicted octanol–water partition coefficient (Wildman–Crippen LogP) is 2.49. The Balaban J connectivity index is 2.23. The first-order valence-corrected chi connectivity index (χ1v) is 6.59. The van der Waals surface area contributed by atoms with Gasteiger partial charge in [0.15, 0.2) is 0 Å². The zero-order chi connectivity index (χ0) is 11.7. The first kappa shape index (κ1) is 12.0. The van der Waals surface area contributed by atoms with Crippen LogP contribution in [0.25, 0.3) is 0 Å². The summed E-state index contributed by atoms with van der Waals surface area (Å²) in [7, 11) is 0. The van der Waals surface area contributed by atoms with Crippen LogP contribution in [-0.4, -0.2) is 25.3 Å². The molecule has 0 spiro atoms. The van der Waals surface area contributed by atoms with Gasteiger partial charge >= 0.3 is 0 Å². The molecule has 0 saturated carbocycles. The Bertz CT molecular complexity index is 373. The second kappa shape index (κ2) is 4.79. The van der Waals surface area contributed by atoms with Gasteiger partial charge < -0.3 is 15.4 Å². The molecule has 3 nitrogen and oxygen atoms in total. The van der Waals surface area contributed by atoms with E-state index in [1.807, 2.05) is 12.1 Å². The van der Waals surface area contributed by atoms with Gasteiger partial charge in [-0.3, -0.25) is 0 Å². The zero-order valence-corrected chi connectivity index (χ0v) is 11.8. The van der Waals surface area contributed by atoms with Crippen LogP contribution in [-0.2, 0) is 4.74 Å². The number of hydrogen-bond acceptors (Lipinski definition) is 3. The van der Waals surface area contributed by atoms with E-state index in [0.29, 0.717) is 0 Å². The molecule has 2 N–H and O–H groups in total. The lowest BCUT2D eigenvalue weighted by Crippen LogP contribution is -2.45. The Kier molecular flexibility index (Phi) is 3.59. The van der Waals surface area contributed by atoms with Crippen LogP contribution in [0.4, 0.5) is 11.4 Å². The van der Waals surface area contributed by atoms with E-state index in [1.165, 1.54) is 9.26 Å². The Labute approximate surface area is 110 Å². The highest BCUT2D eigenvalue weighted by atomic mass is 127. The van der Waals surface area contributed by atoms with E-state index in [4.69, 9.17) is 10.5 Å². The Morgan fingerprint density at radius 3 is 2.50 bits per heavy atom. The summed E-state index contributed by atoms with van der Waals surface area (Å²) in [4.78, 5) is 2.38. The van der Waals surface area contributed by atoms with Gasteiger partial charge in [-0.05, 0) is 54.6 Å². The molecule has 1 aromatic rings. The lowest BCUT2D eigenvalue weighted by molar-refractivity contribution is -0.00525. The summed E-state index contributed by atoms with van der Waals surface area (Å²) < 4.78 is 6.94. The Morgan fingerprint density at radius 1 is 1.31 bits per heavy atom. The molecule has 4 heteroatoms. The predicted molar refractivity (Wildman–Crippen MR) is 75.8 cm³/mol. The lowest BCUT2D eigenvalue weighted by atomic mass is 10.2. The van der Waals surface area contributed by atoms with Gasteiger partial charge in [0.2, 0.25) is 0 Å². The highest BCUT2D eigenvalue weighted by Gasteiger charge is 2.23. The number of anilines is 2. The average molecular weight is 332 g/mol. The topological polar surface area (TPSA) is 38.5 Å². The highest BCUT2D eigenvalue weighted by Crippen LogP contribution is 2.27. The molecule has 88 valence electrons. The van der Waals surface area contributed by atoms with E-state index >= 15 is 0 Å². The van der Waals surface area contributed by atoms with Crippen molar-refractivity contribution in [1.82, 2.24) is 0 Å². The van der Waals surface area contributed by atoms with Crippen molar-refractivity contribution < 1.29 is 4.74 Å². The maximum Gasteiger partial charge on any atom is 0.0726 e. The van der Waals surface area contributed by atoms with Gasteiger partial charge in [0.05, 0.1) is 17.9 Å². The first-order chi connectivity index (χ1) is 7.56. The summed E-state index contributed by atoms with van der Waals surface area (Å²) in [5.74, 6) is 0. The molecule has 1 aliphatic rings. The second-order valence-corrected chi connectivity index (χ2v) is 5.54. The van der Waals surface area contributed by atoms with E-state index in [1.54, 1.807) is 0 Å². The number of nitrogen functional groups attached to an aromatic ring is 1. The number of benzene rings is 1. The number of ether oxygens (including phenoxy) is 1. The van der Waals surface area contributed by atoms with Crippen molar-refractivity contribution in [3.05, 3.63) is 21.8 Å². The quantitative estimate of drug-likeness (QED) is 0.634. The zero-order valence-electron chi connectivity index (χ0n) is 9.61. The molecule has 16 heavy (non-hydrogen) atoms. The fourth-order valence-electron chi connectivity index (χ4n) is 2.15. The largest absolute Gasteiger partial charge is 0.399 e. The molecule has 2 unspecified atom stereocenters. The molecule has 1 aliphatic heterocycles. The van der Waals surface area contributed by atoms with Gasteiger partial charge in [0, 0.05) is 22.3 Å². The van der Waals surface area contributed by atoms with Gasteiger partial charge in [-0.15, -0.1) is 0 Å². The summed E-state index contributed by atoms with van der Waals surface area (Å²) in [6.45, 7) is 6.13. The molecule has 1 heterocycles. The van der Waals surface area contributed by atoms with Gasteiger partial charge in [0.25, 0.3) is 0 Å². The van der Waals surface area contributed by atoms with E-state index in [-0.39, 0.29) is 12.2 Å². The minimum atomic E-state index is 0.289. The lowest BCUT2D eigenvalue weighted by Gasteiger charge is -2.37. The molecular weight excluding hydrogens is 315 g/mol. The van der Waals surface area contributed by atoms with Crippen molar-refractivity contribution in [2.24, 2.45) is 0 Å². The first-order valence-electron chi connectivity index (χ1n) is 5.51. The van der Waals surface area contributed by atoms with Crippen molar-refractivity contribution in [2.45, 2.75) is 26.1 Å². The average Bonchev–Trinajstić information content (AvgIpc) is 2.15. The molecular formula is C12H17IN2O. The Hall–Kier alpha value is -0.490. The normalized spacial score (nSPS) is 25.8. The van der Waals surface area contributed by atoms with Gasteiger partial charge in [-0.25, -0.2) is 0 Å². The summed E-state index contributed by atoms with van der Waals surface area (Å²) in [5.41, 5.74) is 7.85. The van der Waals surface area contributed by atoms with Gasteiger partial charge in [0.1, 0.15) is 0 Å². The minimum Gasteiger partial charge on any atom is -0.399 e. The molecule has 0 bridgehead atoms. The number of hydrogen-bond donors (Lipinski definition) is 1. The standard InChI is InChI=1S/C12H17IN2O/c1-8-6-15(7-9(2)16-8)12-4-3-10(14)5-11(12)13/h3-5,8-9H,6-7,14H2,1-2H3. The van der Waals surface area contributed by atoms with E-state index < -0.39 is 0 Å². The van der Waals surface area contributed by atoms with Crippen LogP contribution in [0, 0.1) is 3.57 Å². The molecule has 0 radical (unpaired) electrons. The van der Waals surface area contributed by atoms with Crippen molar-refractivity contribution >= 4 is 34.0 Å². The third-order valence-corrected chi connectivity index (χ3v) is 3.60. The van der Waals surface area contributed by atoms with Crippen LogP contribution >= 0.6 is 22.6 Å². The molecule has 0 aromatic heterocycles. The Morgan fingerprint density at radius 2 is 1.94 bits per heavy atom. The fraction of sp³-hybridized carbons (Fsp3) is 0.500. The second-order valence-electron chi connectivity index (χ2n) is 4.37. The number of halogens is 1. The maximum atomic E-state index is 5.76. The number of nitrogens with zero attached hydrogens (tertiary/aromatic N) is 1. The molecule has 1 saturated heterocycles. The van der Waals surface area contributed by atoms with Crippen LogP contribution < -0.4 is 10.6 Å². The van der Waals surface area contributed by atoms with Crippen molar-refractivity contribution in [1.29, 1.82) is 0 Å². The molecule has 2 atom stereocenters. The number of rotatable bonds is 1. The van der Waals surface area contributed by atoms with Crippen molar-refractivity contribution in [3.8, 4) is 0 Å². The molecule has 2 rings (SSSR count). The number of nitrogens with two attached hydrogens (primary N) is 1. The molecule has 0 aliphatic carbocycles. The molecule has 1 aromatic carbocycles. The molecule has 1 fully saturated rings. The van der Waals surface area contributed by atoms with E-state index in [2.05, 4.69) is 47.4 Å². The maximum absolute atomic E-state index is 5.76. The SMILES string of the molecule is CC1CN(c2ccc(N)cc2I)CC(C)O1. The summed E-state index contributed by atoms with van der Waals surface area (Å²) in [6, 6.07) is 6.07. The van der Waals surface area contributed by atoms with Crippen LogP contribution in [0.1, 0.15) is 13.8 Å². The third-order valence-electron chi connectivity index (χ3n) is 2.73.